The molecule has 0 aliphatic rings. The van der Waals surface area contributed by atoms with Gasteiger partial charge in [-0.15, -0.1) is 12.1 Å². The van der Waals surface area contributed by atoms with Gasteiger partial charge >= 0.3 is 19.5 Å². The van der Waals surface area contributed by atoms with Crippen LogP contribution in [0.1, 0.15) is 94.9 Å². The fourth-order valence-electron chi connectivity index (χ4n) is 2.30. The minimum Gasteiger partial charge on any atom is -0.678 e. The monoisotopic (exact) mass is 528 g/mol. The topological polar surface area (TPSA) is 90.5 Å². The van der Waals surface area contributed by atoms with E-state index in [-0.39, 0.29) is 31.8 Å². The Morgan fingerprint density at radius 2 is 0.839 bits per heavy atom. The van der Waals surface area contributed by atoms with E-state index in [0.717, 1.165) is 38.8 Å². The zero-order chi connectivity index (χ0) is 24.5. The Balaban J connectivity index is -0.000000122. The van der Waals surface area contributed by atoms with E-state index in [2.05, 4.69) is 104 Å². The summed E-state index contributed by atoms with van der Waals surface area (Å²) >= 11 is 0. The van der Waals surface area contributed by atoms with Crippen molar-refractivity contribution in [2.75, 3.05) is 13.1 Å². The summed E-state index contributed by atoms with van der Waals surface area (Å²) in [6.07, 6.45) is 5.03. The Bertz CT molecular complexity index is 294. The minimum absolute atomic E-state index is 0. The van der Waals surface area contributed by atoms with Gasteiger partial charge in [0.15, 0.2) is 0 Å². The normalized spacial score (nSPS) is 13.8. The largest absolute Gasteiger partial charge is 6.00 e. The van der Waals surface area contributed by atoms with Gasteiger partial charge in [0.1, 0.15) is 0 Å². The molecular weight excluding hydrogens is 477 g/mol. The summed E-state index contributed by atoms with van der Waals surface area (Å²) in [6, 6.07) is 0.805. The Morgan fingerprint density at radius 1 is 0.581 bits per heavy atom. The van der Waals surface area contributed by atoms with Crippen molar-refractivity contribution in [3.8, 4) is 0 Å². The Labute approximate surface area is 208 Å². The van der Waals surface area contributed by atoms with E-state index < -0.39 is 0 Å². The second-order valence-electron chi connectivity index (χ2n) is 7.90. The molecule has 0 fully saturated rings. The van der Waals surface area contributed by atoms with Gasteiger partial charge in [-0.3, -0.25) is 13.6 Å². The maximum atomic E-state index is 7.75. The summed E-state index contributed by atoms with van der Waals surface area (Å²) < 4.78 is 0. The van der Waals surface area contributed by atoms with Gasteiger partial charge in [-0.2, -0.15) is 13.1 Å². The predicted molar refractivity (Wildman–Crippen MR) is 134 cm³/mol. The molecule has 0 heterocycles. The van der Waals surface area contributed by atoms with Crippen LogP contribution < -0.4 is 0 Å². The van der Waals surface area contributed by atoms with Gasteiger partial charge in [0.2, 0.25) is 0 Å². The Hall–Kier alpha value is -0.197. The maximum absolute atomic E-state index is 7.75. The summed E-state index contributed by atoms with van der Waals surface area (Å²) in [5.41, 5.74) is 0. The standard InChI is InChI=1S/2C11H24N2.2CHO.Ru/c2*1-6-8-12-11(10(5)7-2)13-9(3)4;2*1-2;/h2*9-11H,6-8H2,1-5H3;2*1H;/q2*-2;2*-1;+6. The summed E-state index contributed by atoms with van der Waals surface area (Å²) in [4.78, 5) is 15.5. The quantitative estimate of drug-likeness (QED) is 0.135. The van der Waals surface area contributed by atoms with Gasteiger partial charge in [0.25, 0.3) is 0 Å². The molecule has 0 aromatic rings. The maximum Gasteiger partial charge on any atom is 6.00 e. The van der Waals surface area contributed by atoms with E-state index in [1.165, 1.54) is 0 Å². The average Bonchev–Trinajstić information content (AvgIpc) is 2.75. The molecule has 0 aromatic heterocycles. The van der Waals surface area contributed by atoms with Crippen molar-refractivity contribution >= 4 is 13.6 Å². The van der Waals surface area contributed by atoms with Crippen LogP contribution in [0.5, 0.6) is 0 Å². The van der Waals surface area contributed by atoms with E-state index in [4.69, 9.17) is 9.59 Å². The zero-order valence-corrected chi connectivity index (χ0v) is 23.6. The first kappa shape index (κ1) is 41.1. The average molecular weight is 528 g/mol. The number of hydrogen-bond donors (Lipinski definition) is 0. The molecule has 0 spiro atoms. The molecule has 0 saturated heterocycles. The molecule has 7 heteroatoms. The molecule has 0 bridgehead atoms. The first-order chi connectivity index (χ1) is 14.2. The molecule has 0 rings (SSSR count). The number of hydrogen-bond acceptors (Lipinski definition) is 2. The fourth-order valence-corrected chi connectivity index (χ4v) is 2.30. The van der Waals surface area contributed by atoms with Crippen LogP contribution in [0.25, 0.3) is 21.3 Å². The molecule has 4 atom stereocenters. The van der Waals surface area contributed by atoms with Crippen molar-refractivity contribution < 1.29 is 29.1 Å². The molecule has 0 N–H and O–H groups in total. The second-order valence-corrected chi connectivity index (χ2v) is 7.90. The van der Waals surface area contributed by atoms with Crippen molar-refractivity contribution in [1.29, 1.82) is 0 Å². The molecule has 6 nitrogen and oxygen atoms in total. The van der Waals surface area contributed by atoms with Crippen molar-refractivity contribution in [2.45, 2.75) is 119 Å². The van der Waals surface area contributed by atoms with Gasteiger partial charge in [-0.05, 0) is 0 Å². The van der Waals surface area contributed by atoms with Crippen LogP contribution in [0.3, 0.4) is 0 Å². The SMILES string of the molecule is CCC[N-]C([N-]C(C)C)C(C)CC.CCC[N-]C([N-]C(C)C)C(C)CC.[CH-]=O.[CH-]=O.[Ru+6]. The van der Waals surface area contributed by atoms with Gasteiger partial charge < -0.3 is 30.9 Å². The third-order valence-electron chi connectivity index (χ3n) is 4.29. The van der Waals surface area contributed by atoms with Crippen LogP contribution in [0, 0.1) is 11.8 Å². The summed E-state index contributed by atoms with van der Waals surface area (Å²) in [5.74, 6) is 1.18. The molecule has 0 aliphatic carbocycles. The predicted octanol–water partition coefficient (Wildman–Crippen LogP) is 7.30. The van der Waals surface area contributed by atoms with Gasteiger partial charge in [0, 0.05) is 0 Å². The number of carbonyl (C=O) groups excluding carboxylic acids is 2. The van der Waals surface area contributed by atoms with Crippen molar-refractivity contribution in [1.82, 2.24) is 0 Å². The number of nitrogens with zero attached hydrogens (tertiary/aromatic N) is 4. The van der Waals surface area contributed by atoms with Crippen LogP contribution >= 0.6 is 0 Å². The molecule has 31 heavy (non-hydrogen) atoms. The van der Waals surface area contributed by atoms with Crippen molar-refractivity contribution in [2.24, 2.45) is 11.8 Å². The van der Waals surface area contributed by atoms with Crippen molar-refractivity contribution in [3.63, 3.8) is 0 Å². The molecule has 0 aromatic carbocycles. The van der Waals surface area contributed by atoms with Crippen LogP contribution in [-0.4, -0.2) is 51.1 Å². The third-order valence-corrected chi connectivity index (χ3v) is 4.29. The van der Waals surface area contributed by atoms with E-state index >= 15 is 0 Å². The van der Waals surface area contributed by atoms with Gasteiger partial charge in [-0.25, -0.2) is 12.3 Å². The molecule has 0 amide bonds. The third kappa shape index (κ3) is 29.8. The first-order valence-electron chi connectivity index (χ1n) is 11.4. The summed E-state index contributed by atoms with van der Waals surface area (Å²) in [7, 11) is 0. The Morgan fingerprint density at radius 3 is 1.00 bits per heavy atom. The van der Waals surface area contributed by atoms with Gasteiger partial charge in [-0.1, -0.05) is 107 Å². The van der Waals surface area contributed by atoms with Crippen LogP contribution in [-0.2, 0) is 29.1 Å². The molecule has 0 aliphatic heterocycles. The molecule has 0 radical (unpaired) electrons. The van der Waals surface area contributed by atoms with Crippen LogP contribution in [0.2, 0.25) is 0 Å². The van der Waals surface area contributed by atoms with Crippen molar-refractivity contribution in [3.05, 3.63) is 21.3 Å². The van der Waals surface area contributed by atoms with E-state index in [1.54, 1.807) is 0 Å². The zero-order valence-electron chi connectivity index (χ0n) is 21.8. The Kier molecular flexibility index (Phi) is 42.4. The molecule has 4 unspecified atom stereocenters. The first-order valence-corrected chi connectivity index (χ1v) is 11.4. The van der Waals surface area contributed by atoms with Crippen LogP contribution in [0.4, 0.5) is 0 Å². The number of rotatable bonds is 14. The summed E-state index contributed by atoms with van der Waals surface area (Å²) in [5, 5.41) is 18.4. The second kappa shape index (κ2) is 32.0. The van der Waals surface area contributed by atoms with E-state index in [1.807, 2.05) is 0 Å². The minimum atomic E-state index is 0. The van der Waals surface area contributed by atoms with Crippen LogP contribution in [0.15, 0.2) is 0 Å². The van der Waals surface area contributed by atoms with Gasteiger partial charge in [0.05, 0.1) is 0 Å². The smallest absolute Gasteiger partial charge is 0.678 e. The van der Waals surface area contributed by atoms with E-state index in [0.29, 0.717) is 23.9 Å². The molecule has 0 saturated carbocycles. The molecule has 186 valence electrons. The summed E-state index contributed by atoms with van der Waals surface area (Å²) in [6.45, 7) is 30.1. The molecular formula is C24H50N4O2Ru. The van der Waals surface area contributed by atoms with E-state index in [9.17, 15) is 0 Å². The fraction of sp³-hybridized carbons (Fsp3) is 0.917.